The van der Waals surface area contributed by atoms with Crippen molar-refractivity contribution in [3.63, 3.8) is 0 Å². The van der Waals surface area contributed by atoms with Gasteiger partial charge in [-0.15, -0.1) is 0 Å². The number of methoxy groups -OCH3 is 3. The van der Waals surface area contributed by atoms with E-state index in [2.05, 4.69) is 0 Å². The molecular formula is C15H21NO6. The number of hydrogen-bond acceptors (Lipinski definition) is 6. The predicted octanol–water partition coefficient (Wildman–Crippen LogP) is 2.50. The Morgan fingerprint density at radius 3 is 2.45 bits per heavy atom. The fraction of sp³-hybridized carbons (Fsp3) is 0.467. The SMILES string of the molecule is COCOCCc1cc(OC)c(C=C(C)[N+](=O)[O-])cc1OC. The molecule has 1 rings (SSSR count). The zero-order valence-corrected chi connectivity index (χ0v) is 13.3. The first kappa shape index (κ1) is 17.9. The molecule has 0 spiro atoms. The predicted molar refractivity (Wildman–Crippen MR) is 81.7 cm³/mol. The van der Waals surface area contributed by atoms with Crippen molar-refractivity contribution in [2.75, 3.05) is 34.7 Å². The van der Waals surface area contributed by atoms with Crippen molar-refractivity contribution in [2.45, 2.75) is 13.3 Å². The minimum Gasteiger partial charge on any atom is -0.496 e. The average Bonchev–Trinajstić information content (AvgIpc) is 2.51. The number of benzene rings is 1. The normalized spacial score (nSPS) is 11.4. The number of rotatable bonds is 9. The number of nitro groups is 1. The van der Waals surface area contributed by atoms with E-state index in [0.717, 1.165) is 5.56 Å². The maximum absolute atomic E-state index is 10.8. The molecule has 0 atom stereocenters. The highest BCUT2D eigenvalue weighted by Crippen LogP contribution is 2.31. The number of allylic oxidation sites excluding steroid dienone is 1. The Labute approximate surface area is 129 Å². The lowest BCUT2D eigenvalue weighted by Crippen LogP contribution is -2.04. The molecule has 7 nitrogen and oxygen atoms in total. The Morgan fingerprint density at radius 2 is 1.91 bits per heavy atom. The largest absolute Gasteiger partial charge is 0.496 e. The third-order valence-corrected chi connectivity index (χ3v) is 3.00. The Hall–Kier alpha value is -2.12. The van der Waals surface area contributed by atoms with Crippen LogP contribution in [0.5, 0.6) is 11.5 Å². The van der Waals surface area contributed by atoms with Gasteiger partial charge >= 0.3 is 0 Å². The molecule has 0 fully saturated rings. The molecule has 0 aliphatic rings. The zero-order chi connectivity index (χ0) is 16.5. The molecule has 0 N–H and O–H groups in total. The maximum Gasteiger partial charge on any atom is 0.243 e. The van der Waals surface area contributed by atoms with Crippen LogP contribution < -0.4 is 9.47 Å². The molecule has 7 heteroatoms. The first-order valence-corrected chi connectivity index (χ1v) is 6.67. The summed E-state index contributed by atoms with van der Waals surface area (Å²) in [5.41, 5.74) is 1.51. The minimum absolute atomic E-state index is 0.0246. The molecule has 22 heavy (non-hydrogen) atoms. The topological polar surface area (TPSA) is 80.1 Å². The molecule has 0 heterocycles. The second kappa shape index (κ2) is 9.01. The van der Waals surface area contributed by atoms with E-state index < -0.39 is 4.92 Å². The van der Waals surface area contributed by atoms with Crippen LogP contribution in [0.3, 0.4) is 0 Å². The zero-order valence-electron chi connectivity index (χ0n) is 13.3. The molecule has 0 aliphatic heterocycles. The molecule has 1 aromatic carbocycles. The molecule has 0 bridgehead atoms. The van der Waals surface area contributed by atoms with Crippen molar-refractivity contribution >= 4 is 6.08 Å². The van der Waals surface area contributed by atoms with Crippen LogP contribution in [0.15, 0.2) is 17.8 Å². The second-order valence-corrected chi connectivity index (χ2v) is 4.51. The second-order valence-electron chi connectivity index (χ2n) is 4.51. The molecule has 122 valence electrons. The summed E-state index contributed by atoms with van der Waals surface area (Å²) in [7, 11) is 4.63. The van der Waals surface area contributed by atoms with E-state index in [-0.39, 0.29) is 12.5 Å². The molecule has 0 unspecified atom stereocenters. The van der Waals surface area contributed by atoms with E-state index in [4.69, 9.17) is 18.9 Å². The van der Waals surface area contributed by atoms with Crippen LogP contribution in [-0.2, 0) is 15.9 Å². The van der Waals surface area contributed by atoms with Crippen molar-refractivity contribution in [2.24, 2.45) is 0 Å². The van der Waals surface area contributed by atoms with Crippen LogP contribution in [0.25, 0.3) is 6.08 Å². The van der Waals surface area contributed by atoms with E-state index in [9.17, 15) is 10.1 Å². The highest BCUT2D eigenvalue weighted by Gasteiger charge is 2.12. The summed E-state index contributed by atoms with van der Waals surface area (Å²) in [4.78, 5) is 10.3. The van der Waals surface area contributed by atoms with Crippen LogP contribution in [0.1, 0.15) is 18.1 Å². The smallest absolute Gasteiger partial charge is 0.243 e. The third kappa shape index (κ3) is 5.01. The summed E-state index contributed by atoms with van der Waals surface area (Å²) in [5, 5.41) is 10.8. The Balaban J connectivity index is 3.06. The molecule has 0 saturated carbocycles. The average molecular weight is 311 g/mol. The van der Waals surface area contributed by atoms with E-state index in [1.165, 1.54) is 20.1 Å². The highest BCUT2D eigenvalue weighted by atomic mass is 16.7. The fourth-order valence-corrected chi connectivity index (χ4v) is 1.89. The third-order valence-electron chi connectivity index (χ3n) is 3.00. The summed E-state index contributed by atoms with van der Waals surface area (Å²) in [6.45, 7) is 2.12. The van der Waals surface area contributed by atoms with E-state index in [0.29, 0.717) is 30.1 Å². The van der Waals surface area contributed by atoms with E-state index in [1.807, 2.05) is 0 Å². The minimum atomic E-state index is -0.446. The quantitative estimate of drug-likeness (QED) is 0.302. The van der Waals surface area contributed by atoms with Gasteiger partial charge in [0.05, 0.1) is 25.7 Å². The number of ether oxygens (including phenoxy) is 4. The van der Waals surface area contributed by atoms with Gasteiger partial charge in [0, 0.05) is 31.2 Å². The lowest BCUT2D eigenvalue weighted by molar-refractivity contribution is -0.422. The van der Waals surface area contributed by atoms with Gasteiger partial charge in [-0.1, -0.05) is 0 Å². The van der Waals surface area contributed by atoms with Crippen LogP contribution in [-0.4, -0.2) is 39.7 Å². The highest BCUT2D eigenvalue weighted by molar-refractivity contribution is 5.62. The van der Waals surface area contributed by atoms with Gasteiger partial charge in [0.2, 0.25) is 5.70 Å². The lowest BCUT2D eigenvalue weighted by atomic mass is 10.1. The summed E-state index contributed by atoms with van der Waals surface area (Å²) >= 11 is 0. The van der Waals surface area contributed by atoms with E-state index >= 15 is 0 Å². The Morgan fingerprint density at radius 1 is 1.23 bits per heavy atom. The van der Waals surface area contributed by atoms with Gasteiger partial charge in [-0.2, -0.15) is 0 Å². The standard InChI is InChI=1S/C15H21NO6/c1-11(16(17)18)7-13-9-14(20-3)12(8-15(13)21-4)5-6-22-10-19-2/h7-9H,5-6,10H2,1-4H3. The molecule has 0 radical (unpaired) electrons. The Bertz CT molecular complexity index is 541. The molecule has 1 aromatic rings. The van der Waals surface area contributed by atoms with Crippen molar-refractivity contribution < 1.29 is 23.9 Å². The van der Waals surface area contributed by atoms with Crippen molar-refractivity contribution in [1.82, 2.24) is 0 Å². The lowest BCUT2D eigenvalue weighted by Gasteiger charge is -2.13. The molecule has 0 aromatic heterocycles. The van der Waals surface area contributed by atoms with E-state index in [1.54, 1.807) is 26.4 Å². The number of nitrogens with zero attached hydrogens (tertiary/aromatic N) is 1. The van der Waals surface area contributed by atoms with Gasteiger partial charge in [0.25, 0.3) is 0 Å². The van der Waals surface area contributed by atoms with Crippen LogP contribution >= 0.6 is 0 Å². The molecule has 0 amide bonds. The Kier molecular flexibility index (Phi) is 7.34. The van der Waals surface area contributed by atoms with Crippen molar-refractivity contribution in [3.8, 4) is 11.5 Å². The van der Waals surface area contributed by atoms with Crippen LogP contribution in [0.2, 0.25) is 0 Å². The van der Waals surface area contributed by atoms with Gasteiger partial charge < -0.3 is 18.9 Å². The molecular weight excluding hydrogens is 290 g/mol. The van der Waals surface area contributed by atoms with Crippen molar-refractivity contribution in [3.05, 3.63) is 39.1 Å². The monoisotopic (exact) mass is 311 g/mol. The molecule has 0 aliphatic carbocycles. The van der Waals surface area contributed by atoms with Gasteiger partial charge in [0.1, 0.15) is 18.3 Å². The number of hydrogen-bond donors (Lipinski definition) is 0. The van der Waals surface area contributed by atoms with Gasteiger partial charge in [-0.3, -0.25) is 10.1 Å². The first-order valence-electron chi connectivity index (χ1n) is 6.67. The van der Waals surface area contributed by atoms with Crippen LogP contribution in [0.4, 0.5) is 0 Å². The maximum atomic E-state index is 10.8. The molecule has 0 saturated heterocycles. The first-order chi connectivity index (χ1) is 10.5. The van der Waals surface area contributed by atoms with Crippen molar-refractivity contribution in [1.29, 1.82) is 0 Å². The summed E-state index contributed by atoms with van der Waals surface area (Å²) in [6, 6.07) is 3.52. The summed E-state index contributed by atoms with van der Waals surface area (Å²) in [5.74, 6) is 1.17. The van der Waals surface area contributed by atoms with Gasteiger partial charge in [0.15, 0.2) is 0 Å². The fourth-order valence-electron chi connectivity index (χ4n) is 1.89. The summed E-state index contributed by atoms with van der Waals surface area (Å²) in [6.07, 6.45) is 2.06. The summed E-state index contributed by atoms with van der Waals surface area (Å²) < 4.78 is 20.7. The van der Waals surface area contributed by atoms with Gasteiger partial charge in [-0.25, -0.2) is 0 Å². The van der Waals surface area contributed by atoms with Crippen LogP contribution in [0, 0.1) is 10.1 Å². The van der Waals surface area contributed by atoms with Gasteiger partial charge in [-0.05, 0) is 18.6 Å².